The zero-order valence-electron chi connectivity index (χ0n) is 21.8. The Kier molecular flexibility index (Phi) is 9.00. The molecule has 1 fully saturated rings. The largest absolute Gasteiger partial charge is 0.416 e. The van der Waals surface area contributed by atoms with Crippen LogP contribution in [0.4, 0.5) is 35.5 Å². The highest BCUT2D eigenvalue weighted by Crippen LogP contribution is 2.38. The molecule has 210 valence electrons. The van der Waals surface area contributed by atoms with Crippen molar-refractivity contribution < 1.29 is 35.5 Å². The fourth-order valence-electron chi connectivity index (χ4n) is 5.23. The van der Waals surface area contributed by atoms with Crippen molar-refractivity contribution in [3.63, 3.8) is 0 Å². The van der Waals surface area contributed by atoms with Crippen molar-refractivity contribution in [1.29, 1.82) is 0 Å². The van der Waals surface area contributed by atoms with Gasteiger partial charge in [0.1, 0.15) is 5.82 Å². The fraction of sp³-hybridized carbons (Fsp3) is 0.519. The molecule has 0 bridgehead atoms. The number of rotatable bonds is 6. The van der Waals surface area contributed by atoms with Crippen molar-refractivity contribution in [2.75, 3.05) is 26.7 Å². The molecule has 0 saturated carbocycles. The van der Waals surface area contributed by atoms with E-state index in [9.17, 15) is 35.5 Å². The minimum atomic E-state index is -4.98. The average molecular weight is 548 g/mol. The van der Waals surface area contributed by atoms with Crippen molar-refractivity contribution in [2.24, 2.45) is 0 Å². The number of hydrogen-bond acceptors (Lipinski definition) is 2. The fourth-order valence-corrected chi connectivity index (χ4v) is 5.23. The van der Waals surface area contributed by atoms with E-state index in [-0.39, 0.29) is 17.7 Å². The van der Waals surface area contributed by atoms with Crippen molar-refractivity contribution in [2.45, 2.75) is 64.6 Å². The van der Waals surface area contributed by atoms with Gasteiger partial charge in [-0.15, -0.1) is 0 Å². The van der Waals surface area contributed by atoms with E-state index >= 15 is 0 Å². The molecule has 2 aromatic carbocycles. The maximum absolute atomic E-state index is 13.8. The first-order valence-electron chi connectivity index (χ1n) is 12.5. The lowest BCUT2D eigenvalue weighted by molar-refractivity contribution is -0.143. The van der Waals surface area contributed by atoms with Crippen LogP contribution in [0.25, 0.3) is 0 Å². The first-order chi connectivity index (χ1) is 17.6. The summed E-state index contributed by atoms with van der Waals surface area (Å²) in [6.07, 6.45) is -8.73. The predicted molar refractivity (Wildman–Crippen MR) is 130 cm³/mol. The van der Waals surface area contributed by atoms with Crippen LogP contribution in [0, 0.1) is 12.7 Å². The number of alkyl halides is 6. The number of amides is 2. The van der Waals surface area contributed by atoms with Crippen molar-refractivity contribution in [3.8, 4) is 0 Å². The molecule has 0 N–H and O–H groups in total. The molecule has 4 nitrogen and oxygen atoms in total. The predicted octanol–water partition coefficient (Wildman–Crippen LogP) is 7.27. The van der Waals surface area contributed by atoms with Crippen molar-refractivity contribution >= 4 is 6.03 Å². The molecule has 1 aliphatic rings. The molecule has 0 aromatic heterocycles. The van der Waals surface area contributed by atoms with E-state index in [1.54, 1.807) is 17.9 Å². The Morgan fingerprint density at radius 2 is 1.55 bits per heavy atom. The van der Waals surface area contributed by atoms with Crippen LogP contribution in [0.3, 0.4) is 0 Å². The van der Waals surface area contributed by atoms with Crippen LogP contribution in [-0.4, -0.2) is 53.5 Å². The van der Waals surface area contributed by atoms with Gasteiger partial charge < -0.3 is 14.7 Å². The maximum atomic E-state index is 13.8. The summed E-state index contributed by atoms with van der Waals surface area (Å²) < 4.78 is 93.6. The minimum Gasteiger partial charge on any atom is -0.323 e. The number of carbonyl (C=O) groups excluding carboxylic acids is 1. The van der Waals surface area contributed by atoms with Crippen LogP contribution in [-0.2, 0) is 18.9 Å². The standard InChI is InChI=1S/C27H32F7N3O/c1-5-36(6-2)22-9-10-37(24(15-22)23-8-7-21(28)11-17(23)3)25(38)35(4)16-18-12-19(26(29,30)31)14-20(13-18)27(32,33)34/h7-8,11-14,22,24H,5-6,9-10,15-16H2,1-4H3/t22-,24-/m1/s1. The molecular weight excluding hydrogens is 515 g/mol. The summed E-state index contributed by atoms with van der Waals surface area (Å²) in [6.45, 7) is 7.32. The topological polar surface area (TPSA) is 26.8 Å². The molecule has 0 spiro atoms. The van der Waals surface area contributed by atoms with Gasteiger partial charge in [-0.3, -0.25) is 0 Å². The molecular formula is C27H32F7N3O. The first-order valence-corrected chi connectivity index (χ1v) is 12.5. The second-order valence-electron chi connectivity index (χ2n) is 9.66. The van der Waals surface area contributed by atoms with Crippen LogP contribution in [0.2, 0.25) is 0 Å². The van der Waals surface area contributed by atoms with E-state index in [0.29, 0.717) is 37.1 Å². The quantitative estimate of drug-likeness (QED) is 0.356. The molecule has 0 aliphatic carbocycles. The minimum absolute atomic E-state index is 0.0661. The molecule has 0 unspecified atom stereocenters. The normalized spacial score (nSPS) is 18.7. The third kappa shape index (κ3) is 6.78. The van der Waals surface area contributed by atoms with Gasteiger partial charge in [0.05, 0.1) is 17.2 Å². The molecule has 1 heterocycles. The van der Waals surface area contributed by atoms with E-state index < -0.39 is 47.9 Å². The van der Waals surface area contributed by atoms with Crippen LogP contribution in [0.5, 0.6) is 0 Å². The van der Waals surface area contributed by atoms with Gasteiger partial charge in [-0.25, -0.2) is 9.18 Å². The van der Waals surface area contributed by atoms with E-state index in [0.717, 1.165) is 23.6 Å². The molecule has 2 amide bonds. The summed E-state index contributed by atoms with van der Waals surface area (Å²) in [4.78, 5) is 18.5. The third-order valence-corrected chi connectivity index (χ3v) is 7.13. The Morgan fingerprint density at radius 1 is 0.974 bits per heavy atom. The molecule has 1 aliphatic heterocycles. The summed E-state index contributed by atoms with van der Waals surface area (Å²) in [5.41, 5.74) is -1.73. The molecule has 38 heavy (non-hydrogen) atoms. The van der Waals surface area contributed by atoms with Crippen LogP contribution in [0.1, 0.15) is 60.5 Å². The monoisotopic (exact) mass is 547 g/mol. The van der Waals surface area contributed by atoms with Gasteiger partial charge in [0.25, 0.3) is 0 Å². The summed E-state index contributed by atoms with van der Waals surface area (Å²) in [6, 6.07) is 4.85. The smallest absolute Gasteiger partial charge is 0.323 e. The Morgan fingerprint density at radius 3 is 2.05 bits per heavy atom. The van der Waals surface area contributed by atoms with Crippen LogP contribution < -0.4 is 0 Å². The Bertz CT molecular complexity index is 1100. The van der Waals surface area contributed by atoms with Crippen LogP contribution >= 0.6 is 0 Å². The van der Waals surface area contributed by atoms with E-state index in [4.69, 9.17) is 0 Å². The number of halogens is 7. The molecule has 2 aromatic rings. The van der Waals surface area contributed by atoms with E-state index in [1.165, 1.54) is 19.2 Å². The zero-order chi connectivity index (χ0) is 28.4. The SMILES string of the molecule is CCN(CC)[C@@H]1CCN(C(=O)N(C)Cc2cc(C(F)(F)F)cc(C(F)(F)F)c2)[C@@H](c2ccc(F)cc2C)C1. The summed E-state index contributed by atoms with van der Waals surface area (Å²) >= 11 is 0. The number of piperidine rings is 1. The van der Waals surface area contributed by atoms with Gasteiger partial charge in [0.2, 0.25) is 0 Å². The van der Waals surface area contributed by atoms with Gasteiger partial charge in [-0.05, 0) is 79.9 Å². The average Bonchev–Trinajstić information content (AvgIpc) is 2.83. The Balaban J connectivity index is 1.92. The Hall–Kier alpha value is -2.82. The summed E-state index contributed by atoms with van der Waals surface area (Å²) in [7, 11) is 1.35. The second-order valence-corrected chi connectivity index (χ2v) is 9.66. The lowest BCUT2D eigenvalue weighted by atomic mass is 9.88. The van der Waals surface area contributed by atoms with E-state index in [2.05, 4.69) is 4.90 Å². The van der Waals surface area contributed by atoms with Gasteiger partial charge >= 0.3 is 18.4 Å². The highest BCUT2D eigenvalue weighted by Gasteiger charge is 2.38. The summed E-state index contributed by atoms with van der Waals surface area (Å²) in [5, 5.41) is 0. The molecule has 1 saturated heterocycles. The number of urea groups is 1. The number of nitrogens with zero attached hydrogens (tertiary/aromatic N) is 3. The summed E-state index contributed by atoms with van der Waals surface area (Å²) in [5.74, 6) is -0.414. The van der Waals surface area contributed by atoms with Gasteiger partial charge in [0, 0.05) is 26.2 Å². The van der Waals surface area contributed by atoms with Crippen LogP contribution in [0.15, 0.2) is 36.4 Å². The van der Waals surface area contributed by atoms with Gasteiger partial charge in [0.15, 0.2) is 0 Å². The number of benzene rings is 2. The van der Waals surface area contributed by atoms with Gasteiger partial charge in [-0.1, -0.05) is 19.9 Å². The lowest BCUT2D eigenvalue weighted by Gasteiger charge is -2.44. The maximum Gasteiger partial charge on any atom is 0.416 e. The number of aryl methyl sites for hydroxylation is 1. The number of likely N-dealkylation sites (tertiary alicyclic amines) is 1. The second kappa shape index (κ2) is 11.5. The highest BCUT2D eigenvalue weighted by atomic mass is 19.4. The third-order valence-electron chi connectivity index (χ3n) is 7.13. The van der Waals surface area contributed by atoms with Crippen molar-refractivity contribution in [3.05, 3.63) is 70.0 Å². The lowest BCUT2D eigenvalue weighted by Crippen LogP contribution is -2.51. The highest BCUT2D eigenvalue weighted by molar-refractivity contribution is 5.75. The molecule has 11 heteroatoms. The van der Waals surface area contributed by atoms with Crippen molar-refractivity contribution in [1.82, 2.24) is 14.7 Å². The Labute approximate surface area is 218 Å². The molecule has 0 radical (unpaired) electrons. The zero-order valence-corrected chi connectivity index (χ0v) is 21.8. The van der Waals surface area contributed by atoms with E-state index in [1.807, 2.05) is 13.8 Å². The molecule has 3 rings (SSSR count). The first kappa shape index (κ1) is 29.7. The number of carbonyl (C=O) groups is 1. The number of hydrogen-bond donors (Lipinski definition) is 0. The molecule has 2 atom stereocenters. The van der Waals surface area contributed by atoms with Gasteiger partial charge in [-0.2, -0.15) is 26.3 Å².